The highest BCUT2D eigenvalue weighted by Crippen LogP contribution is 2.20. The first-order chi connectivity index (χ1) is 9.26. The zero-order valence-electron chi connectivity index (χ0n) is 10.6. The summed E-state index contributed by atoms with van der Waals surface area (Å²) in [6, 6.07) is 3.59. The van der Waals surface area contributed by atoms with Crippen molar-refractivity contribution >= 4 is 27.3 Å². The van der Waals surface area contributed by atoms with E-state index in [2.05, 4.69) is 10.0 Å². The average Bonchev–Trinajstić information content (AvgIpc) is 2.37. The number of nitro groups is 1. The normalized spacial score (nSPS) is 11.1. The molecule has 0 aromatic heterocycles. The molecule has 0 aliphatic heterocycles. The van der Waals surface area contributed by atoms with E-state index in [0.717, 1.165) is 6.07 Å². The molecule has 0 radical (unpaired) electrons. The lowest BCUT2D eigenvalue weighted by atomic mass is 10.1. The van der Waals surface area contributed by atoms with E-state index in [-0.39, 0.29) is 23.5 Å². The standard InChI is InChI=1S/C10H14N4O5S/c1-12-20(18,19)5-4-13-10(15)8-6-7(11)2-3-9(8)14(16)17/h2-3,6,12H,4-5,11H2,1H3,(H,13,15). The summed E-state index contributed by atoms with van der Waals surface area (Å²) in [6.45, 7) is -0.173. The van der Waals surface area contributed by atoms with Gasteiger partial charge in [-0.15, -0.1) is 0 Å². The number of nitrogens with two attached hydrogens (primary N) is 1. The second-order valence-corrected chi connectivity index (χ2v) is 5.86. The van der Waals surface area contributed by atoms with E-state index >= 15 is 0 Å². The van der Waals surface area contributed by atoms with Crippen molar-refractivity contribution in [2.45, 2.75) is 0 Å². The molecule has 0 unspecified atom stereocenters. The quantitative estimate of drug-likeness (QED) is 0.365. The summed E-state index contributed by atoms with van der Waals surface area (Å²) in [5.74, 6) is -1.08. The van der Waals surface area contributed by atoms with Crippen molar-refractivity contribution in [2.24, 2.45) is 0 Å². The monoisotopic (exact) mass is 302 g/mol. The van der Waals surface area contributed by atoms with E-state index in [1.54, 1.807) is 0 Å². The van der Waals surface area contributed by atoms with Gasteiger partial charge in [0.05, 0.1) is 10.7 Å². The SMILES string of the molecule is CNS(=O)(=O)CCNC(=O)c1cc(N)ccc1[N+](=O)[O-]. The predicted octanol–water partition coefficient (Wildman–Crippen LogP) is -0.544. The van der Waals surface area contributed by atoms with Gasteiger partial charge >= 0.3 is 0 Å². The Kier molecular flexibility index (Phi) is 5.00. The zero-order chi connectivity index (χ0) is 15.3. The van der Waals surface area contributed by atoms with Crippen molar-refractivity contribution < 1.29 is 18.1 Å². The fourth-order valence-corrected chi connectivity index (χ4v) is 1.97. The minimum atomic E-state index is -3.46. The second-order valence-electron chi connectivity index (χ2n) is 3.81. The molecular weight excluding hydrogens is 288 g/mol. The lowest BCUT2D eigenvalue weighted by molar-refractivity contribution is -0.385. The second kappa shape index (κ2) is 6.30. The molecule has 0 fully saturated rings. The third kappa shape index (κ3) is 4.17. The van der Waals surface area contributed by atoms with Crippen LogP contribution in [0, 0.1) is 10.1 Å². The molecule has 0 heterocycles. The summed E-state index contributed by atoms with van der Waals surface area (Å²) in [7, 11) is -2.21. The average molecular weight is 302 g/mol. The number of amides is 1. The van der Waals surface area contributed by atoms with Gasteiger partial charge < -0.3 is 11.1 Å². The van der Waals surface area contributed by atoms with Crippen molar-refractivity contribution in [3.8, 4) is 0 Å². The van der Waals surface area contributed by atoms with Gasteiger partial charge in [-0.2, -0.15) is 0 Å². The molecule has 1 rings (SSSR count). The molecule has 110 valence electrons. The molecule has 0 aliphatic carbocycles. The lowest BCUT2D eigenvalue weighted by Gasteiger charge is -2.07. The van der Waals surface area contributed by atoms with Gasteiger partial charge in [0, 0.05) is 18.3 Å². The summed E-state index contributed by atoms with van der Waals surface area (Å²) < 4.78 is 24.4. The first-order valence-electron chi connectivity index (χ1n) is 5.50. The van der Waals surface area contributed by atoms with Crippen LogP contribution in [0.1, 0.15) is 10.4 Å². The zero-order valence-corrected chi connectivity index (χ0v) is 11.4. The van der Waals surface area contributed by atoms with Gasteiger partial charge in [0.2, 0.25) is 10.0 Å². The molecular formula is C10H14N4O5S. The third-order valence-corrected chi connectivity index (χ3v) is 3.79. The predicted molar refractivity (Wildman–Crippen MR) is 72.7 cm³/mol. The molecule has 0 atom stereocenters. The molecule has 20 heavy (non-hydrogen) atoms. The number of rotatable bonds is 6. The highest BCUT2D eigenvalue weighted by atomic mass is 32.2. The molecule has 0 aliphatic rings. The van der Waals surface area contributed by atoms with Crippen LogP contribution in [0.2, 0.25) is 0 Å². The number of anilines is 1. The summed E-state index contributed by atoms with van der Waals surface area (Å²) >= 11 is 0. The Balaban J connectivity index is 2.83. The van der Waals surface area contributed by atoms with Crippen LogP contribution in [0.4, 0.5) is 11.4 Å². The van der Waals surface area contributed by atoms with Gasteiger partial charge in [-0.05, 0) is 19.2 Å². The van der Waals surface area contributed by atoms with Crippen molar-refractivity contribution in [1.82, 2.24) is 10.0 Å². The number of carbonyl (C=O) groups is 1. The number of hydrogen-bond acceptors (Lipinski definition) is 6. The molecule has 0 bridgehead atoms. The number of carbonyl (C=O) groups excluding carboxylic acids is 1. The summed E-state index contributed by atoms with van der Waals surface area (Å²) in [4.78, 5) is 21.9. The van der Waals surface area contributed by atoms with E-state index in [9.17, 15) is 23.3 Å². The highest BCUT2D eigenvalue weighted by molar-refractivity contribution is 7.89. The van der Waals surface area contributed by atoms with Gasteiger partial charge in [0.1, 0.15) is 5.56 Å². The minimum absolute atomic E-state index is 0.173. The summed E-state index contributed by atoms with van der Waals surface area (Å²) in [6.07, 6.45) is 0. The van der Waals surface area contributed by atoms with Crippen molar-refractivity contribution in [3.63, 3.8) is 0 Å². The van der Waals surface area contributed by atoms with Crippen LogP contribution in [0.3, 0.4) is 0 Å². The molecule has 10 heteroatoms. The Morgan fingerprint density at radius 1 is 1.45 bits per heavy atom. The molecule has 1 aromatic rings. The topological polar surface area (TPSA) is 144 Å². The van der Waals surface area contributed by atoms with Gasteiger partial charge in [0.25, 0.3) is 11.6 Å². The molecule has 1 amide bonds. The highest BCUT2D eigenvalue weighted by Gasteiger charge is 2.20. The van der Waals surface area contributed by atoms with Crippen LogP contribution in [0.5, 0.6) is 0 Å². The van der Waals surface area contributed by atoms with Crippen LogP contribution in [-0.4, -0.2) is 38.6 Å². The number of sulfonamides is 1. The fraction of sp³-hybridized carbons (Fsp3) is 0.300. The maximum Gasteiger partial charge on any atom is 0.282 e. The number of benzene rings is 1. The maximum absolute atomic E-state index is 11.8. The van der Waals surface area contributed by atoms with Gasteiger partial charge in [-0.1, -0.05) is 0 Å². The van der Waals surface area contributed by atoms with Crippen LogP contribution >= 0.6 is 0 Å². The van der Waals surface area contributed by atoms with Crippen LogP contribution in [0.25, 0.3) is 0 Å². The molecule has 1 aromatic carbocycles. The van der Waals surface area contributed by atoms with E-state index in [1.807, 2.05) is 0 Å². The van der Waals surface area contributed by atoms with Crippen molar-refractivity contribution in [1.29, 1.82) is 0 Å². The van der Waals surface area contributed by atoms with Gasteiger partial charge in [-0.3, -0.25) is 14.9 Å². The van der Waals surface area contributed by atoms with Crippen molar-refractivity contribution in [2.75, 3.05) is 25.1 Å². The summed E-state index contributed by atoms with van der Waals surface area (Å²) in [5, 5.41) is 13.1. The smallest absolute Gasteiger partial charge is 0.282 e. The first-order valence-corrected chi connectivity index (χ1v) is 7.15. The maximum atomic E-state index is 11.8. The van der Waals surface area contributed by atoms with Crippen LogP contribution < -0.4 is 15.8 Å². The molecule has 0 saturated heterocycles. The number of nitro benzene ring substituents is 1. The lowest BCUT2D eigenvalue weighted by Crippen LogP contribution is -2.33. The van der Waals surface area contributed by atoms with Gasteiger partial charge in [-0.25, -0.2) is 13.1 Å². The number of hydrogen-bond donors (Lipinski definition) is 3. The molecule has 0 spiro atoms. The minimum Gasteiger partial charge on any atom is -0.399 e. The van der Waals surface area contributed by atoms with Crippen molar-refractivity contribution in [3.05, 3.63) is 33.9 Å². The van der Waals surface area contributed by atoms with E-state index in [0.29, 0.717) is 0 Å². The Hall–Kier alpha value is -2.20. The Morgan fingerprint density at radius 3 is 2.65 bits per heavy atom. The molecule has 4 N–H and O–H groups in total. The molecule has 9 nitrogen and oxygen atoms in total. The largest absolute Gasteiger partial charge is 0.399 e. The Morgan fingerprint density at radius 2 is 2.10 bits per heavy atom. The van der Waals surface area contributed by atoms with E-state index < -0.39 is 26.5 Å². The van der Waals surface area contributed by atoms with Gasteiger partial charge in [0.15, 0.2) is 0 Å². The van der Waals surface area contributed by atoms with E-state index in [1.165, 1.54) is 19.2 Å². The molecule has 0 saturated carbocycles. The summed E-state index contributed by atoms with van der Waals surface area (Å²) in [5.41, 5.74) is 5.07. The Bertz CT molecular complexity index is 629. The fourth-order valence-electron chi connectivity index (χ4n) is 1.39. The first kappa shape index (κ1) is 15.9. The number of nitrogen functional groups attached to an aromatic ring is 1. The van der Waals surface area contributed by atoms with E-state index in [4.69, 9.17) is 5.73 Å². The van der Waals surface area contributed by atoms with Crippen LogP contribution in [0.15, 0.2) is 18.2 Å². The number of nitrogens with one attached hydrogen (secondary N) is 2. The Labute approximate surface area is 115 Å². The third-order valence-electron chi connectivity index (χ3n) is 2.43. The number of nitrogens with zero attached hydrogens (tertiary/aromatic N) is 1. The van der Waals surface area contributed by atoms with Crippen LogP contribution in [-0.2, 0) is 10.0 Å².